The van der Waals surface area contributed by atoms with Crippen molar-refractivity contribution in [1.82, 2.24) is 14.8 Å². The van der Waals surface area contributed by atoms with E-state index in [1.54, 1.807) is 12.4 Å². The number of pyridine rings is 1. The number of benzene rings is 1. The first-order valence-corrected chi connectivity index (χ1v) is 10.7. The summed E-state index contributed by atoms with van der Waals surface area (Å²) in [5.74, 6) is 0.516. The fourth-order valence-electron chi connectivity index (χ4n) is 4.77. The van der Waals surface area contributed by atoms with Crippen LogP contribution >= 0.6 is 11.6 Å². The maximum absolute atomic E-state index is 12.9. The van der Waals surface area contributed by atoms with E-state index in [9.17, 15) is 9.59 Å². The van der Waals surface area contributed by atoms with Crippen LogP contribution in [0.25, 0.3) is 0 Å². The van der Waals surface area contributed by atoms with Gasteiger partial charge in [0.1, 0.15) is 0 Å². The normalized spacial score (nSPS) is 22.2. The molecule has 4 rings (SSSR count). The van der Waals surface area contributed by atoms with Gasteiger partial charge >= 0.3 is 0 Å². The monoisotopic (exact) mass is 426 g/mol. The standard InChI is InChI=1S/C23H27ClN4O2/c1-14-5-6-26-9-19(14)23(30)28-12-17-10-27(11-18(17)13-28)21(8-22(25)29)16-4-3-15(2)20(24)7-16/h3-7,9,17-18,21H,8,10-13H2,1-2H3,(H2,25,29). The second-order valence-electron chi connectivity index (χ2n) is 8.57. The average Bonchev–Trinajstić information content (AvgIpc) is 3.27. The van der Waals surface area contributed by atoms with Gasteiger partial charge in [-0.2, -0.15) is 0 Å². The zero-order valence-electron chi connectivity index (χ0n) is 17.3. The van der Waals surface area contributed by atoms with E-state index in [2.05, 4.69) is 9.88 Å². The zero-order valence-corrected chi connectivity index (χ0v) is 18.1. The number of hydrogen-bond donors (Lipinski definition) is 1. The predicted octanol–water partition coefficient (Wildman–Crippen LogP) is 2.97. The third-order valence-corrected chi connectivity index (χ3v) is 6.89. The molecule has 6 nitrogen and oxygen atoms in total. The smallest absolute Gasteiger partial charge is 0.255 e. The number of fused-ring (bicyclic) bond motifs is 1. The molecule has 2 aliphatic heterocycles. The second kappa shape index (κ2) is 8.36. The zero-order chi connectivity index (χ0) is 21.4. The van der Waals surface area contributed by atoms with Crippen molar-refractivity contribution in [2.24, 2.45) is 17.6 Å². The van der Waals surface area contributed by atoms with E-state index in [1.807, 2.05) is 43.0 Å². The molecule has 2 saturated heterocycles. The van der Waals surface area contributed by atoms with Crippen molar-refractivity contribution >= 4 is 23.4 Å². The van der Waals surface area contributed by atoms with Gasteiger partial charge < -0.3 is 10.6 Å². The maximum atomic E-state index is 12.9. The van der Waals surface area contributed by atoms with Gasteiger partial charge in [0.25, 0.3) is 5.91 Å². The van der Waals surface area contributed by atoms with Crippen molar-refractivity contribution in [3.63, 3.8) is 0 Å². The molecule has 0 saturated carbocycles. The van der Waals surface area contributed by atoms with E-state index >= 15 is 0 Å². The van der Waals surface area contributed by atoms with Crippen molar-refractivity contribution in [3.05, 3.63) is 63.9 Å². The molecule has 2 N–H and O–H groups in total. The van der Waals surface area contributed by atoms with Gasteiger partial charge in [0.05, 0.1) is 5.56 Å². The summed E-state index contributed by atoms with van der Waals surface area (Å²) in [6, 6.07) is 7.74. The summed E-state index contributed by atoms with van der Waals surface area (Å²) in [6.45, 7) is 7.03. The molecule has 1 aromatic heterocycles. The van der Waals surface area contributed by atoms with Crippen LogP contribution in [0.15, 0.2) is 36.7 Å². The Morgan fingerprint density at radius 2 is 1.83 bits per heavy atom. The number of aryl methyl sites for hydroxylation is 2. The van der Waals surface area contributed by atoms with Gasteiger partial charge in [-0.25, -0.2) is 0 Å². The van der Waals surface area contributed by atoms with Gasteiger partial charge in [0, 0.05) is 56.1 Å². The van der Waals surface area contributed by atoms with Crippen LogP contribution in [-0.4, -0.2) is 52.8 Å². The number of rotatable bonds is 5. The molecule has 2 fully saturated rings. The quantitative estimate of drug-likeness (QED) is 0.797. The van der Waals surface area contributed by atoms with Crippen molar-refractivity contribution in [3.8, 4) is 0 Å². The summed E-state index contributed by atoms with van der Waals surface area (Å²) < 4.78 is 0. The van der Waals surface area contributed by atoms with Crippen molar-refractivity contribution in [2.75, 3.05) is 26.2 Å². The molecule has 3 unspecified atom stereocenters. The number of likely N-dealkylation sites (tertiary alicyclic amines) is 2. The number of nitrogens with zero attached hydrogens (tertiary/aromatic N) is 3. The van der Waals surface area contributed by atoms with Crippen LogP contribution in [0.5, 0.6) is 0 Å². The summed E-state index contributed by atoms with van der Waals surface area (Å²) in [4.78, 5) is 33.1. The Morgan fingerprint density at radius 3 is 2.43 bits per heavy atom. The molecule has 0 bridgehead atoms. The van der Waals surface area contributed by atoms with Gasteiger partial charge in [-0.3, -0.25) is 19.5 Å². The van der Waals surface area contributed by atoms with E-state index < -0.39 is 0 Å². The first-order chi connectivity index (χ1) is 14.3. The molecule has 2 aromatic rings. The SMILES string of the molecule is Cc1ccc(C(CC(N)=O)N2CC3CN(C(=O)c4cnccc4C)CC3C2)cc1Cl. The van der Waals surface area contributed by atoms with Gasteiger partial charge in [-0.1, -0.05) is 23.7 Å². The van der Waals surface area contributed by atoms with E-state index in [-0.39, 0.29) is 24.3 Å². The summed E-state index contributed by atoms with van der Waals surface area (Å²) in [7, 11) is 0. The molecule has 0 radical (unpaired) electrons. The maximum Gasteiger partial charge on any atom is 0.255 e. The molecule has 0 aliphatic carbocycles. The van der Waals surface area contributed by atoms with Crippen molar-refractivity contribution < 1.29 is 9.59 Å². The van der Waals surface area contributed by atoms with Crippen LogP contribution in [0, 0.1) is 25.7 Å². The molecule has 2 aliphatic rings. The summed E-state index contributed by atoms with van der Waals surface area (Å²) >= 11 is 6.34. The minimum Gasteiger partial charge on any atom is -0.370 e. The highest BCUT2D eigenvalue weighted by Gasteiger charge is 2.44. The van der Waals surface area contributed by atoms with Gasteiger partial charge in [0.2, 0.25) is 5.91 Å². The number of hydrogen-bond acceptors (Lipinski definition) is 4. The van der Waals surface area contributed by atoms with Crippen LogP contribution in [0.4, 0.5) is 0 Å². The lowest BCUT2D eigenvalue weighted by Gasteiger charge is -2.29. The molecule has 0 spiro atoms. The molecular weight excluding hydrogens is 400 g/mol. The molecule has 1 aromatic carbocycles. The molecule has 158 valence electrons. The first kappa shape index (κ1) is 20.8. The lowest BCUT2D eigenvalue weighted by atomic mass is 10.0. The fourth-order valence-corrected chi connectivity index (χ4v) is 4.96. The Bertz CT molecular complexity index is 965. The van der Waals surface area contributed by atoms with Gasteiger partial charge in [0.15, 0.2) is 0 Å². The Hall–Kier alpha value is -2.44. The van der Waals surface area contributed by atoms with E-state index in [4.69, 9.17) is 17.3 Å². The number of nitrogens with two attached hydrogens (primary N) is 1. The highest BCUT2D eigenvalue weighted by Crippen LogP contribution is 2.38. The van der Waals surface area contributed by atoms with E-state index in [0.717, 1.165) is 42.9 Å². The minimum absolute atomic E-state index is 0.0561. The van der Waals surface area contributed by atoms with Crippen LogP contribution in [0.2, 0.25) is 5.02 Å². The number of aromatic nitrogens is 1. The number of amides is 2. The summed E-state index contributed by atoms with van der Waals surface area (Å²) in [5.41, 5.74) is 9.22. The van der Waals surface area contributed by atoms with Gasteiger partial charge in [-0.15, -0.1) is 0 Å². The fraction of sp³-hybridized carbons (Fsp3) is 0.435. The number of carbonyl (C=O) groups is 2. The Morgan fingerprint density at radius 1 is 1.13 bits per heavy atom. The first-order valence-electron chi connectivity index (χ1n) is 10.3. The molecule has 7 heteroatoms. The predicted molar refractivity (Wildman–Crippen MR) is 116 cm³/mol. The highest BCUT2D eigenvalue weighted by molar-refractivity contribution is 6.31. The van der Waals surface area contributed by atoms with Crippen LogP contribution < -0.4 is 5.73 Å². The lowest BCUT2D eigenvalue weighted by molar-refractivity contribution is -0.119. The van der Waals surface area contributed by atoms with Gasteiger partial charge in [-0.05, 0) is 54.5 Å². The van der Waals surface area contributed by atoms with Crippen LogP contribution in [0.1, 0.15) is 39.5 Å². The lowest BCUT2D eigenvalue weighted by Crippen LogP contribution is -2.36. The largest absolute Gasteiger partial charge is 0.370 e. The number of carbonyl (C=O) groups excluding carboxylic acids is 2. The summed E-state index contributed by atoms with van der Waals surface area (Å²) in [5, 5.41) is 0.699. The topological polar surface area (TPSA) is 79.5 Å². The Kier molecular flexibility index (Phi) is 5.80. The summed E-state index contributed by atoms with van der Waals surface area (Å²) in [6.07, 6.45) is 3.62. The minimum atomic E-state index is -0.322. The molecule has 3 atom stereocenters. The third-order valence-electron chi connectivity index (χ3n) is 6.49. The molecular formula is C23H27ClN4O2. The number of primary amides is 1. The number of halogens is 1. The van der Waals surface area contributed by atoms with Crippen LogP contribution in [0.3, 0.4) is 0 Å². The average molecular weight is 427 g/mol. The third kappa shape index (κ3) is 4.07. The van der Waals surface area contributed by atoms with E-state index in [0.29, 0.717) is 22.4 Å². The molecule has 3 heterocycles. The molecule has 2 amide bonds. The highest BCUT2D eigenvalue weighted by atomic mass is 35.5. The van der Waals surface area contributed by atoms with Crippen LogP contribution in [-0.2, 0) is 4.79 Å². The van der Waals surface area contributed by atoms with E-state index in [1.165, 1.54) is 0 Å². The van der Waals surface area contributed by atoms with Crippen molar-refractivity contribution in [1.29, 1.82) is 0 Å². The van der Waals surface area contributed by atoms with Crippen molar-refractivity contribution in [2.45, 2.75) is 26.3 Å². The molecule has 30 heavy (non-hydrogen) atoms. The second-order valence-corrected chi connectivity index (χ2v) is 8.98. The Balaban J connectivity index is 1.47. The Labute approximate surface area is 182 Å².